The van der Waals surface area contributed by atoms with Crippen LogP contribution in [0.4, 0.5) is 0 Å². The van der Waals surface area contributed by atoms with Crippen LogP contribution in [-0.4, -0.2) is 33.6 Å². The van der Waals surface area contributed by atoms with E-state index in [0.29, 0.717) is 13.0 Å². The average Bonchev–Trinajstić information content (AvgIpc) is 2.64. The predicted octanol–water partition coefficient (Wildman–Crippen LogP) is 0.405. The van der Waals surface area contributed by atoms with Gasteiger partial charge in [-0.05, 0) is 6.42 Å². The quantitative estimate of drug-likeness (QED) is 0.617. The number of aliphatic carboxylic acids is 1. The van der Waals surface area contributed by atoms with Gasteiger partial charge in [0.05, 0.1) is 0 Å². The minimum atomic E-state index is -0.799. The fraction of sp³-hybridized carbons (Fsp3) is 0.556. The number of carbonyl (C=O) groups is 1. The lowest BCUT2D eigenvalue weighted by Gasteiger charge is -2.10. The van der Waals surface area contributed by atoms with Gasteiger partial charge in [-0.3, -0.25) is 4.79 Å². The van der Waals surface area contributed by atoms with Gasteiger partial charge in [-0.1, -0.05) is 6.92 Å². The molecule has 0 bridgehead atoms. The fourth-order valence-corrected chi connectivity index (χ4v) is 1.21. The molecule has 1 aromatic rings. The van der Waals surface area contributed by atoms with Crippen LogP contribution in [0.1, 0.15) is 19.2 Å². The normalized spacial score (nSPS) is 12.6. The van der Waals surface area contributed by atoms with Crippen molar-refractivity contribution < 1.29 is 9.90 Å². The molecule has 1 aromatic heterocycles. The molecule has 0 saturated heterocycles. The molecular weight excluding hydrogens is 182 g/mol. The Morgan fingerprint density at radius 1 is 1.79 bits per heavy atom. The Kier molecular flexibility index (Phi) is 4.12. The smallest absolute Gasteiger partial charge is 0.320 e. The Morgan fingerprint density at radius 2 is 2.57 bits per heavy atom. The lowest BCUT2D eigenvalue weighted by molar-refractivity contribution is -0.139. The van der Waals surface area contributed by atoms with Gasteiger partial charge in [0.25, 0.3) is 0 Å². The van der Waals surface area contributed by atoms with E-state index in [1.165, 1.54) is 0 Å². The second kappa shape index (κ2) is 5.39. The van der Waals surface area contributed by atoms with Gasteiger partial charge in [-0.2, -0.15) is 0 Å². The fourth-order valence-electron chi connectivity index (χ4n) is 1.21. The summed E-state index contributed by atoms with van der Waals surface area (Å²) >= 11 is 0. The Bertz CT molecular complexity index is 272. The summed E-state index contributed by atoms with van der Waals surface area (Å²) in [6, 6.07) is -0.454. The number of H-pyrrole nitrogens is 1. The number of carboxylic acid groups (broad SMARTS) is 1. The maximum absolute atomic E-state index is 10.6. The van der Waals surface area contributed by atoms with Crippen LogP contribution in [-0.2, 0) is 11.2 Å². The van der Waals surface area contributed by atoms with Crippen molar-refractivity contribution in [2.45, 2.75) is 25.8 Å². The zero-order valence-electron chi connectivity index (χ0n) is 8.16. The molecular formula is C9H15N3O2. The third kappa shape index (κ3) is 3.18. The molecule has 5 nitrogen and oxygen atoms in total. The molecule has 1 unspecified atom stereocenters. The third-order valence-electron chi connectivity index (χ3n) is 2.01. The van der Waals surface area contributed by atoms with Gasteiger partial charge < -0.3 is 15.4 Å². The van der Waals surface area contributed by atoms with Crippen molar-refractivity contribution in [1.82, 2.24) is 15.3 Å². The number of rotatable bonds is 6. The van der Waals surface area contributed by atoms with E-state index in [-0.39, 0.29) is 0 Å². The molecule has 0 saturated carbocycles. The molecule has 1 atom stereocenters. The summed E-state index contributed by atoms with van der Waals surface area (Å²) < 4.78 is 0. The number of aromatic amines is 1. The molecule has 0 aliphatic heterocycles. The molecule has 1 heterocycles. The topological polar surface area (TPSA) is 78.0 Å². The van der Waals surface area contributed by atoms with Gasteiger partial charge >= 0.3 is 5.97 Å². The molecule has 0 aliphatic carbocycles. The summed E-state index contributed by atoms with van der Waals surface area (Å²) in [6.45, 7) is 2.47. The average molecular weight is 197 g/mol. The molecule has 14 heavy (non-hydrogen) atoms. The van der Waals surface area contributed by atoms with Crippen LogP contribution < -0.4 is 5.32 Å². The Morgan fingerprint density at radius 3 is 3.07 bits per heavy atom. The van der Waals surface area contributed by atoms with Crippen molar-refractivity contribution in [3.05, 3.63) is 18.2 Å². The van der Waals surface area contributed by atoms with Crippen LogP contribution in [0, 0.1) is 0 Å². The SMILES string of the molecule is CCC(NCCc1ncc[nH]1)C(=O)O. The third-order valence-corrected chi connectivity index (χ3v) is 2.01. The second-order valence-corrected chi connectivity index (χ2v) is 3.04. The van der Waals surface area contributed by atoms with Crippen LogP contribution in [0.15, 0.2) is 12.4 Å². The van der Waals surface area contributed by atoms with Crippen molar-refractivity contribution >= 4 is 5.97 Å². The molecule has 0 aliphatic rings. The molecule has 1 rings (SSSR count). The van der Waals surface area contributed by atoms with E-state index in [4.69, 9.17) is 5.11 Å². The molecule has 5 heteroatoms. The maximum Gasteiger partial charge on any atom is 0.320 e. The van der Waals surface area contributed by atoms with Crippen LogP contribution in [0.3, 0.4) is 0 Å². The number of hydrogen-bond acceptors (Lipinski definition) is 3. The monoisotopic (exact) mass is 197 g/mol. The molecule has 78 valence electrons. The predicted molar refractivity (Wildman–Crippen MR) is 52.0 cm³/mol. The molecule has 0 fully saturated rings. The van der Waals surface area contributed by atoms with Crippen molar-refractivity contribution in [3.8, 4) is 0 Å². The van der Waals surface area contributed by atoms with Crippen molar-refractivity contribution in [2.24, 2.45) is 0 Å². The zero-order chi connectivity index (χ0) is 10.4. The maximum atomic E-state index is 10.6. The first kappa shape index (κ1) is 10.7. The Labute approximate surface area is 82.6 Å². The van der Waals surface area contributed by atoms with Gasteiger partial charge in [-0.25, -0.2) is 4.98 Å². The van der Waals surface area contributed by atoms with E-state index in [1.54, 1.807) is 12.4 Å². The number of nitrogens with zero attached hydrogens (tertiary/aromatic N) is 1. The van der Waals surface area contributed by atoms with Crippen molar-refractivity contribution in [3.63, 3.8) is 0 Å². The van der Waals surface area contributed by atoms with E-state index in [0.717, 1.165) is 12.2 Å². The van der Waals surface area contributed by atoms with Gasteiger partial charge in [0.15, 0.2) is 0 Å². The van der Waals surface area contributed by atoms with Gasteiger partial charge in [0.2, 0.25) is 0 Å². The van der Waals surface area contributed by atoms with Crippen LogP contribution in [0.5, 0.6) is 0 Å². The second-order valence-electron chi connectivity index (χ2n) is 3.04. The molecule has 3 N–H and O–H groups in total. The van der Waals surface area contributed by atoms with Crippen LogP contribution >= 0.6 is 0 Å². The molecule has 0 amide bonds. The minimum Gasteiger partial charge on any atom is -0.480 e. The van der Waals surface area contributed by atoms with Crippen molar-refractivity contribution in [2.75, 3.05) is 6.54 Å². The van der Waals surface area contributed by atoms with E-state index >= 15 is 0 Å². The highest BCUT2D eigenvalue weighted by atomic mass is 16.4. The van der Waals surface area contributed by atoms with E-state index in [9.17, 15) is 4.79 Å². The summed E-state index contributed by atoms with van der Waals surface area (Å²) in [6.07, 6.45) is 4.75. The number of aromatic nitrogens is 2. The first-order valence-corrected chi connectivity index (χ1v) is 4.68. The van der Waals surface area contributed by atoms with E-state index < -0.39 is 12.0 Å². The van der Waals surface area contributed by atoms with Crippen LogP contribution in [0.2, 0.25) is 0 Å². The number of carboxylic acids is 1. The van der Waals surface area contributed by atoms with E-state index in [1.807, 2.05) is 6.92 Å². The van der Waals surface area contributed by atoms with Crippen molar-refractivity contribution in [1.29, 1.82) is 0 Å². The summed E-state index contributed by atoms with van der Waals surface area (Å²) in [5.74, 6) is 0.0738. The van der Waals surface area contributed by atoms with E-state index in [2.05, 4.69) is 15.3 Å². The summed E-state index contributed by atoms with van der Waals surface area (Å²) in [5, 5.41) is 11.7. The Hall–Kier alpha value is -1.36. The first-order valence-electron chi connectivity index (χ1n) is 4.68. The summed E-state index contributed by atoms with van der Waals surface area (Å²) in [5.41, 5.74) is 0. The Balaban J connectivity index is 2.23. The van der Waals surface area contributed by atoms with Crippen LogP contribution in [0.25, 0.3) is 0 Å². The van der Waals surface area contributed by atoms with Gasteiger partial charge in [-0.15, -0.1) is 0 Å². The molecule has 0 spiro atoms. The number of nitrogens with one attached hydrogen (secondary N) is 2. The summed E-state index contributed by atoms with van der Waals surface area (Å²) in [7, 11) is 0. The summed E-state index contributed by atoms with van der Waals surface area (Å²) in [4.78, 5) is 17.6. The van der Waals surface area contributed by atoms with Gasteiger partial charge in [0, 0.05) is 25.4 Å². The largest absolute Gasteiger partial charge is 0.480 e. The minimum absolute atomic E-state index is 0.454. The number of hydrogen-bond donors (Lipinski definition) is 3. The highest BCUT2D eigenvalue weighted by molar-refractivity contribution is 5.73. The first-order chi connectivity index (χ1) is 6.74. The lowest BCUT2D eigenvalue weighted by atomic mass is 10.2. The lowest BCUT2D eigenvalue weighted by Crippen LogP contribution is -2.37. The highest BCUT2D eigenvalue weighted by Gasteiger charge is 2.13. The number of imidazole rings is 1. The standard InChI is InChI=1S/C9H15N3O2/c1-2-7(9(13)14)10-4-3-8-11-5-6-12-8/h5-7,10H,2-4H2,1H3,(H,11,12)(H,13,14). The highest BCUT2D eigenvalue weighted by Crippen LogP contribution is 1.93. The molecule has 0 aromatic carbocycles. The zero-order valence-corrected chi connectivity index (χ0v) is 8.16. The molecule has 0 radical (unpaired) electrons. The van der Waals surface area contributed by atoms with Gasteiger partial charge in [0.1, 0.15) is 11.9 Å².